The van der Waals surface area contributed by atoms with Crippen molar-refractivity contribution in [2.24, 2.45) is 5.11 Å². The molecule has 0 aliphatic rings. The fraction of sp³-hybridized carbons (Fsp3) is 0. The molecule has 2 aromatic rings. The molecule has 5 heteroatoms. The second-order valence-corrected chi connectivity index (χ2v) is 3.48. The van der Waals surface area contributed by atoms with Crippen LogP contribution in [0.1, 0.15) is 0 Å². The number of azide groups is 1. The highest BCUT2D eigenvalue weighted by molar-refractivity contribution is 5.99. The van der Waals surface area contributed by atoms with E-state index < -0.39 is 6.03 Å². The summed E-state index contributed by atoms with van der Waals surface area (Å²) >= 11 is 0. The average Bonchev–Trinajstić information content (AvgIpc) is 2.42. The third-order valence-corrected chi connectivity index (χ3v) is 2.35. The number of amides is 2. The van der Waals surface area contributed by atoms with Gasteiger partial charge in [0, 0.05) is 21.4 Å². The lowest BCUT2D eigenvalue weighted by molar-refractivity contribution is 0.256. The number of carbonyl (C=O) groups excluding carboxylic acids is 1. The predicted molar refractivity (Wildman–Crippen MR) is 69.6 cm³/mol. The van der Waals surface area contributed by atoms with Gasteiger partial charge in [-0.2, -0.15) is 0 Å². The molecule has 0 bridgehead atoms. The maximum Gasteiger partial charge on any atom is 0.319 e. The van der Waals surface area contributed by atoms with Crippen molar-refractivity contribution in [2.75, 3.05) is 4.90 Å². The SMILES string of the molecule is [N-]=[N+]=NC(=O)N(c1ccccc1)c1ccccc1. The van der Waals surface area contributed by atoms with Crippen molar-refractivity contribution >= 4 is 17.4 Å². The standard InChI is InChI=1S/C13H10N4O/c14-16-15-13(18)17(11-7-3-1-4-8-11)12-9-5-2-6-10-12/h1-10H. The molecule has 2 rings (SSSR count). The maximum atomic E-state index is 11.8. The number of rotatable bonds is 2. The summed E-state index contributed by atoms with van der Waals surface area (Å²) in [5.74, 6) is 0. The first kappa shape index (κ1) is 11.7. The van der Waals surface area contributed by atoms with Crippen LogP contribution in [0.4, 0.5) is 16.2 Å². The van der Waals surface area contributed by atoms with Crippen molar-refractivity contribution in [3.8, 4) is 0 Å². The summed E-state index contributed by atoms with van der Waals surface area (Å²) < 4.78 is 0. The highest BCUT2D eigenvalue weighted by Crippen LogP contribution is 2.25. The van der Waals surface area contributed by atoms with Crippen LogP contribution in [0.3, 0.4) is 0 Å². The number of hydrogen-bond acceptors (Lipinski definition) is 1. The third kappa shape index (κ3) is 2.48. The van der Waals surface area contributed by atoms with E-state index in [0.29, 0.717) is 11.4 Å². The zero-order chi connectivity index (χ0) is 12.8. The zero-order valence-electron chi connectivity index (χ0n) is 9.47. The number of carbonyl (C=O) groups is 1. The minimum absolute atomic E-state index is 0.654. The van der Waals surface area contributed by atoms with Crippen molar-refractivity contribution in [1.82, 2.24) is 0 Å². The van der Waals surface area contributed by atoms with Crippen molar-refractivity contribution < 1.29 is 4.79 Å². The van der Waals surface area contributed by atoms with Gasteiger partial charge in [-0.3, -0.25) is 9.69 Å². The Labute approximate surface area is 104 Å². The Morgan fingerprint density at radius 2 is 1.39 bits per heavy atom. The highest BCUT2D eigenvalue weighted by atomic mass is 16.2. The van der Waals surface area contributed by atoms with E-state index in [0.717, 1.165) is 0 Å². The van der Waals surface area contributed by atoms with Gasteiger partial charge in [0.2, 0.25) is 0 Å². The summed E-state index contributed by atoms with van der Waals surface area (Å²) in [6, 6.07) is 17.4. The molecule has 0 saturated heterocycles. The van der Waals surface area contributed by atoms with Crippen molar-refractivity contribution in [3.05, 3.63) is 71.1 Å². The monoisotopic (exact) mass is 238 g/mol. The van der Waals surface area contributed by atoms with E-state index in [1.165, 1.54) is 4.90 Å². The molecule has 2 amide bonds. The van der Waals surface area contributed by atoms with E-state index in [4.69, 9.17) is 5.53 Å². The number of nitrogens with zero attached hydrogens (tertiary/aromatic N) is 4. The molecule has 88 valence electrons. The van der Waals surface area contributed by atoms with Crippen molar-refractivity contribution in [1.29, 1.82) is 0 Å². The van der Waals surface area contributed by atoms with Gasteiger partial charge in [0.15, 0.2) is 0 Å². The van der Waals surface area contributed by atoms with Gasteiger partial charge in [-0.25, -0.2) is 0 Å². The fourth-order valence-electron chi connectivity index (χ4n) is 1.61. The Morgan fingerprint density at radius 1 is 0.944 bits per heavy atom. The van der Waals surface area contributed by atoms with Gasteiger partial charge >= 0.3 is 6.03 Å². The van der Waals surface area contributed by atoms with Gasteiger partial charge in [0.25, 0.3) is 0 Å². The topological polar surface area (TPSA) is 69.1 Å². The molecule has 0 spiro atoms. The van der Waals surface area contributed by atoms with Crippen LogP contribution < -0.4 is 4.90 Å². The second kappa shape index (κ2) is 5.52. The molecule has 0 unspecified atom stereocenters. The number of hydrogen-bond donors (Lipinski definition) is 0. The van der Waals surface area contributed by atoms with Crippen LogP contribution in [0.15, 0.2) is 65.8 Å². The van der Waals surface area contributed by atoms with Gasteiger partial charge < -0.3 is 0 Å². The fourth-order valence-corrected chi connectivity index (χ4v) is 1.61. The van der Waals surface area contributed by atoms with Crippen molar-refractivity contribution in [2.45, 2.75) is 0 Å². The summed E-state index contributed by atoms with van der Waals surface area (Å²) in [7, 11) is 0. The summed E-state index contributed by atoms with van der Waals surface area (Å²) in [6.07, 6.45) is 0. The molecular weight excluding hydrogens is 228 g/mol. The first-order valence-corrected chi connectivity index (χ1v) is 5.32. The average molecular weight is 238 g/mol. The third-order valence-electron chi connectivity index (χ3n) is 2.35. The summed E-state index contributed by atoms with van der Waals surface area (Å²) in [4.78, 5) is 15.8. The molecule has 0 atom stereocenters. The normalized spacial score (nSPS) is 9.33. The first-order valence-electron chi connectivity index (χ1n) is 5.32. The molecular formula is C13H10N4O. The predicted octanol–water partition coefficient (Wildman–Crippen LogP) is 4.26. The van der Waals surface area contributed by atoms with Gasteiger partial charge in [-0.1, -0.05) is 36.4 Å². The lowest BCUT2D eigenvalue weighted by Crippen LogP contribution is -2.21. The van der Waals surface area contributed by atoms with Gasteiger partial charge in [-0.15, -0.1) is 0 Å². The lowest BCUT2D eigenvalue weighted by Gasteiger charge is -2.20. The van der Waals surface area contributed by atoms with E-state index in [2.05, 4.69) is 10.0 Å². The van der Waals surface area contributed by atoms with Crippen LogP contribution >= 0.6 is 0 Å². The van der Waals surface area contributed by atoms with Crippen LogP contribution in [0.5, 0.6) is 0 Å². The number of para-hydroxylation sites is 2. The van der Waals surface area contributed by atoms with Crippen LogP contribution in [-0.4, -0.2) is 6.03 Å². The molecule has 0 fully saturated rings. The molecule has 0 radical (unpaired) electrons. The summed E-state index contributed by atoms with van der Waals surface area (Å²) in [6.45, 7) is 0. The molecule has 18 heavy (non-hydrogen) atoms. The Bertz CT molecular complexity index is 537. The Balaban J connectivity index is 2.48. The molecule has 0 saturated carbocycles. The molecule has 0 aliphatic carbocycles. The zero-order valence-corrected chi connectivity index (χ0v) is 9.47. The van der Waals surface area contributed by atoms with Crippen LogP contribution in [0, 0.1) is 0 Å². The maximum absolute atomic E-state index is 11.8. The number of benzene rings is 2. The minimum Gasteiger partial charge on any atom is -0.276 e. The summed E-state index contributed by atoms with van der Waals surface area (Å²) in [5, 5.41) is 3.15. The highest BCUT2D eigenvalue weighted by Gasteiger charge is 2.15. The number of urea groups is 1. The molecule has 0 N–H and O–H groups in total. The first-order chi connectivity index (χ1) is 8.83. The Morgan fingerprint density at radius 3 is 1.78 bits per heavy atom. The Kier molecular flexibility index (Phi) is 3.59. The lowest BCUT2D eigenvalue weighted by atomic mass is 10.2. The van der Waals surface area contributed by atoms with E-state index >= 15 is 0 Å². The largest absolute Gasteiger partial charge is 0.319 e. The quantitative estimate of drug-likeness (QED) is 0.438. The van der Waals surface area contributed by atoms with Crippen LogP contribution in [0.2, 0.25) is 0 Å². The van der Waals surface area contributed by atoms with E-state index in [1.807, 2.05) is 36.4 Å². The number of anilines is 2. The van der Waals surface area contributed by atoms with E-state index in [-0.39, 0.29) is 0 Å². The Hall–Kier alpha value is -2.78. The molecule has 0 heterocycles. The van der Waals surface area contributed by atoms with E-state index in [1.54, 1.807) is 24.3 Å². The van der Waals surface area contributed by atoms with Gasteiger partial charge in [-0.05, 0) is 29.8 Å². The van der Waals surface area contributed by atoms with Gasteiger partial charge in [0.05, 0.1) is 0 Å². The second-order valence-electron chi connectivity index (χ2n) is 3.48. The molecule has 2 aromatic carbocycles. The van der Waals surface area contributed by atoms with Crippen molar-refractivity contribution in [3.63, 3.8) is 0 Å². The molecule has 0 aromatic heterocycles. The van der Waals surface area contributed by atoms with Crippen LogP contribution in [-0.2, 0) is 0 Å². The summed E-state index contributed by atoms with van der Waals surface area (Å²) in [5.41, 5.74) is 9.70. The molecule has 5 nitrogen and oxygen atoms in total. The van der Waals surface area contributed by atoms with Crippen LogP contribution in [0.25, 0.3) is 10.4 Å². The van der Waals surface area contributed by atoms with E-state index in [9.17, 15) is 4.79 Å². The molecule has 0 aliphatic heterocycles. The van der Waals surface area contributed by atoms with Gasteiger partial charge in [0.1, 0.15) is 0 Å². The minimum atomic E-state index is -0.657. The smallest absolute Gasteiger partial charge is 0.276 e.